The van der Waals surface area contributed by atoms with Gasteiger partial charge < -0.3 is 0 Å². The Balaban J connectivity index is 2.09. The summed E-state index contributed by atoms with van der Waals surface area (Å²) in [7, 11) is 0. The van der Waals surface area contributed by atoms with Crippen LogP contribution in [0.1, 0.15) is 0 Å². The van der Waals surface area contributed by atoms with Crippen molar-refractivity contribution in [3.63, 3.8) is 0 Å². The number of nitrogens with zero attached hydrogens (tertiary/aromatic N) is 2. The van der Waals surface area contributed by atoms with Crippen LogP contribution in [0.25, 0.3) is 9.40 Å². The van der Waals surface area contributed by atoms with Gasteiger partial charge in [-0.2, -0.15) is 5.01 Å². The van der Waals surface area contributed by atoms with Crippen LogP contribution in [0, 0.1) is 0 Å². The molecule has 1 saturated heterocycles. The molecule has 8 heteroatoms. The van der Waals surface area contributed by atoms with E-state index in [1.54, 1.807) is 0 Å². The number of benzene rings is 1. The molecule has 1 aliphatic rings. The molecule has 0 radical (unpaired) electrons. The zero-order chi connectivity index (χ0) is 12.7. The lowest BCUT2D eigenvalue weighted by Crippen LogP contribution is -2.24. The Bertz CT molecular complexity index is 704. The molecule has 1 amide bonds. The fourth-order valence-electron chi connectivity index (χ4n) is 1.42. The highest BCUT2D eigenvalue weighted by Crippen LogP contribution is 2.25. The standard InChI is InChI=1S/C10H5ClN2OS4/c11-5-1-2-6-7(3-5)18-9(17-6)12-13-8(14)4-16-10(13)15/h1-3H,4H2. The minimum Gasteiger partial charge on any atom is -0.272 e. The first kappa shape index (κ1) is 12.6. The van der Waals surface area contributed by atoms with Crippen LogP contribution in [-0.4, -0.2) is 21.0 Å². The van der Waals surface area contributed by atoms with Gasteiger partial charge in [-0.25, -0.2) is 0 Å². The van der Waals surface area contributed by atoms with Crippen LogP contribution in [0.5, 0.6) is 0 Å². The lowest BCUT2D eigenvalue weighted by atomic mass is 10.4. The number of hydrogen-bond donors (Lipinski definition) is 0. The molecule has 2 aromatic rings. The maximum absolute atomic E-state index is 11.6. The Morgan fingerprint density at radius 1 is 1.33 bits per heavy atom. The van der Waals surface area contributed by atoms with Gasteiger partial charge in [-0.05, 0) is 18.2 Å². The Kier molecular flexibility index (Phi) is 3.42. The van der Waals surface area contributed by atoms with Gasteiger partial charge in [0.15, 0.2) is 8.31 Å². The number of fused-ring (bicyclic) bond motifs is 1. The Labute approximate surface area is 125 Å². The quantitative estimate of drug-likeness (QED) is 0.751. The number of halogens is 1. The first-order chi connectivity index (χ1) is 8.63. The second-order valence-corrected chi connectivity index (χ2v) is 7.79. The SMILES string of the molecule is O=C1CSC(=S)N1N=c1sc2ccc(Cl)cc2s1. The van der Waals surface area contributed by atoms with Crippen LogP contribution in [0.15, 0.2) is 23.3 Å². The van der Waals surface area contributed by atoms with Crippen molar-refractivity contribution < 1.29 is 4.79 Å². The summed E-state index contributed by atoms with van der Waals surface area (Å²) in [6, 6.07) is 5.70. The van der Waals surface area contributed by atoms with Gasteiger partial charge in [0, 0.05) is 14.4 Å². The molecule has 0 aliphatic carbocycles. The van der Waals surface area contributed by atoms with Crippen molar-refractivity contribution in [3.05, 3.63) is 27.2 Å². The lowest BCUT2D eigenvalue weighted by Gasteiger charge is -2.04. The number of carbonyl (C=O) groups is 1. The Hall–Kier alpha value is -0.470. The summed E-state index contributed by atoms with van der Waals surface area (Å²) in [6.45, 7) is 0. The van der Waals surface area contributed by atoms with Crippen LogP contribution in [0.2, 0.25) is 5.02 Å². The minimum absolute atomic E-state index is 0.0623. The molecule has 1 aliphatic heterocycles. The molecule has 18 heavy (non-hydrogen) atoms. The second kappa shape index (κ2) is 4.90. The van der Waals surface area contributed by atoms with E-state index in [2.05, 4.69) is 5.10 Å². The molecule has 0 spiro atoms. The summed E-state index contributed by atoms with van der Waals surface area (Å²) in [5.41, 5.74) is 0. The highest BCUT2D eigenvalue weighted by molar-refractivity contribution is 8.23. The monoisotopic (exact) mass is 332 g/mol. The van der Waals surface area contributed by atoms with Crippen LogP contribution >= 0.6 is 58.3 Å². The summed E-state index contributed by atoms with van der Waals surface area (Å²) in [5, 5.41) is 6.31. The summed E-state index contributed by atoms with van der Waals surface area (Å²) >= 11 is 15.4. The van der Waals surface area contributed by atoms with Crippen LogP contribution < -0.4 is 3.98 Å². The highest BCUT2D eigenvalue weighted by Gasteiger charge is 2.26. The van der Waals surface area contributed by atoms with Crippen molar-refractivity contribution in [2.75, 3.05) is 5.75 Å². The van der Waals surface area contributed by atoms with Gasteiger partial charge in [-0.3, -0.25) is 4.79 Å². The van der Waals surface area contributed by atoms with Gasteiger partial charge in [0.1, 0.15) is 0 Å². The largest absolute Gasteiger partial charge is 0.272 e. The third kappa shape index (κ3) is 2.33. The number of hydrogen-bond acceptors (Lipinski definition) is 6. The second-order valence-electron chi connectivity index (χ2n) is 3.42. The molecule has 3 rings (SSSR count). The van der Waals surface area contributed by atoms with E-state index in [0.717, 1.165) is 13.4 Å². The van der Waals surface area contributed by atoms with Crippen molar-refractivity contribution in [1.82, 2.24) is 5.01 Å². The average molecular weight is 333 g/mol. The van der Waals surface area contributed by atoms with E-state index in [-0.39, 0.29) is 5.91 Å². The summed E-state index contributed by atoms with van der Waals surface area (Å²) in [5.74, 6) is 0.316. The molecule has 1 aromatic carbocycles. The molecular weight excluding hydrogens is 328 g/mol. The normalized spacial score (nSPS) is 17.2. The first-order valence-corrected chi connectivity index (χ1v) is 8.27. The number of thioether (sulfide) groups is 1. The molecule has 0 saturated carbocycles. The molecule has 3 nitrogen and oxygen atoms in total. The van der Waals surface area contributed by atoms with Gasteiger partial charge in [0.25, 0.3) is 5.91 Å². The maximum Gasteiger partial charge on any atom is 0.259 e. The van der Waals surface area contributed by atoms with E-state index in [1.807, 2.05) is 18.2 Å². The van der Waals surface area contributed by atoms with Crippen molar-refractivity contribution in [1.29, 1.82) is 0 Å². The lowest BCUT2D eigenvalue weighted by molar-refractivity contribution is -0.124. The van der Waals surface area contributed by atoms with Gasteiger partial charge in [0.2, 0.25) is 0 Å². The van der Waals surface area contributed by atoms with Gasteiger partial charge in [-0.1, -0.05) is 35.6 Å². The molecule has 1 aromatic heterocycles. The van der Waals surface area contributed by atoms with Crippen molar-refractivity contribution in [2.24, 2.45) is 5.10 Å². The van der Waals surface area contributed by atoms with Gasteiger partial charge in [0.05, 0.1) is 5.75 Å². The smallest absolute Gasteiger partial charge is 0.259 e. The number of carbonyl (C=O) groups excluding carboxylic acids is 1. The third-order valence-electron chi connectivity index (χ3n) is 2.21. The number of rotatable bonds is 1. The molecule has 92 valence electrons. The van der Waals surface area contributed by atoms with Crippen LogP contribution in [0.3, 0.4) is 0 Å². The highest BCUT2D eigenvalue weighted by atomic mass is 35.5. The van der Waals surface area contributed by atoms with E-state index in [9.17, 15) is 4.79 Å². The Morgan fingerprint density at radius 3 is 2.83 bits per heavy atom. The molecule has 1 fully saturated rings. The topological polar surface area (TPSA) is 32.7 Å². The van der Waals surface area contributed by atoms with Gasteiger partial charge >= 0.3 is 0 Å². The first-order valence-electron chi connectivity index (χ1n) is 4.87. The maximum atomic E-state index is 11.6. The van der Waals surface area contributed by atoms with E-state index >= 15 is 0 Å². The van der Waals surface area contributed by atoms with E-state index in [0.29, 0.717) is 15.1 Å². The molecule has 0 unspecified atom stereocenters. The van der Waals surface area contributed by atoms with Crippen molar-refractivity contribution in [2.45, 2.75) is 0 Å². The Morgan fingerprint density at radius 2 is 2.11 bits per heavy atom. The van der Waals surface area contributed by atoms with Crippen LogP contribution in [0.4, 0.5) is 0 Å². The van der Waals surface area contributed by atoms with E-state index in [1.165, 1.54) is 39.4 Å². The minimum atomic E-state index is -0.0623. The summed E-state index contributed by atoms with van der Waals surface area (Å²) < 4.78 is 3.48. The fraction of sp³-hybridized carbons (Fsp3) is 0.100. The van der Waals surface area contributed by atoms with Crippen LogP contribution in [-0.2, 0) is 4.79 Å². The predicted octanol–water partition coefficient (Wildman–Crippen LogP) is 3.29. The van der Waals surface area contributed by atoms with E-state index < -0.39 is 0 Å². The van der Waals surface area contributed by atoms with E-state index in [4.69, 9.17) is 23.8 Å². The predicted molar refractivity (Wildman–Crippen MR) is 82.2 cm³/mol. The molecule has 2 heterocycles. The van der Waals surface area contributed by atoms with Gasteiger partial charge in [-0.15, -0.1) is 27.8 Å². The molecular formula is C10H5ClN2OS4. The summed E-state index contributed by atoms with van der Waals surface area (Å²) in [6.07, 6.45) is 0. The third-order valence-corrected chi connectivity index (χ3v) is 6.06. The fourth-order valence-corrected chi connectivity index (χ4v) is 4.84. The molecule has 0 atom stereocenters. The number of amides is 1. The molecule has 0 N–H and O–H groups in total. The van der Waals surface area contributed by atoms with Crippen molar-refractivity contribution >= 4 is 77.9 Å². The summed E-state index contributed by atoms with van der Waals surface area (Å²) in [4.78, 5) is 11.6. The number of thiocarbonyl (C=S) groups is 1. The molecule has 0 bridgehead atoms. The average Bonchev–Trinajstić information content (AvgIpc) is 2.86. The zero-order valence-corrected chi connectivity index (χ0v) is 12.8. The van der Waals surface area contributed by atoms with Crippen molar-refractivity contribution in [3.8, 4) is 0 Å². The zero-order valence-electron chi connectivity index (χ0n) is 8.75.